The number of nitroso groups, excluding NO2 is 1. The van der Waals surface area contributed by atoms with E-state index in [-0.39, 0.29) is 12.5 Å². The molecule has 0 saturated heterocycles. The van der Waals surface area contributed by atoms with Crippen molar-refractivity contribution in [3.05, 3.63) is 106 Å². The van der Waals surface area contributed by atoms with Crippen LogP contribution in [0.1, 0.15) is 46.3 Å². The van der Waals surface area contributed by atoms with Crippen molar-refractivity contribution in [3.8, 4) is 5.75 Å². The average molecular weight is 431 g/mol. The van der Waals surface area contributed by atoms with Crippen LogP contribution in [0.3, 0.4) is 0 Å². The third-order valence-electron chi connectivity index (χ3n) is 5.28. The smallest absolute Gasteiger partial charge is 0.251 e. The largest absolute Gasteiger partial charge is 0.494 e. The first kappa shape index (κ1) is 23.2. The first-order chi connectivity index (χ1) is 15.7. The molecule has 0 spiro atoms. The fourth-order valence-electron chi connectivity index (χ4n) is 3.50. The third-order valence-corrected chi connectivity index (χ3v) is 5.28. The molecular formula is C27H30N2O3. The molecule has 0 aliphatic rings. The highest BCUT2D eigenvalue weighted by Gasteiger charge is 2.06. The minimum absolute atomic E-state index is 0.0726. The quantitative estimate of drug-likeness (QED) is 0.279. The van der Waals surface area contributed by atoms with Gasteiger partial charge in [0.15, 0.2) is 0 Å². The first-order valence-corrected chi connectivity index (χ1v) is 11.2. The molecule has 0 aliphatic carbocycles. The Morgan fingerprint density at radius 3 is 2.31 bits per heavy atom. The highest BCUT2D eigenvalue weighted by atomic mass is 16.5. The van der Waals surface area contributed by atoms with E-state index in [1.54, 1.807) is 24.3 Å². The highest BCUT2D eigenvalue weighted by molar-refractivity contribution is 5.94. The minimum Gasteiger partial charge on any atom is -0.494 e. The standard InChI is InChI=1S/C27H30N2O3/c30-27(25-12-7-11-24(20-25)21-29-31)28-18-17-23-13-15-26(16-14-23)32-19-6-2-5-10-22-8-3-1-4-9-22/h1,3-4,7-9,11-16,20H,2,5-6,10,17-19,21H2,(H,28,30). The molecule has 0 radical (unpaired) electrons. The Labute approximate surface area is 189 Å². The monoisotopic (exact) mass is 430 g/mol. The van der Waals surface area contributed by atoms with Gasteiger partial charge in [-0.25, -0.2) is 0 Å². The van der Waals surface area contributed by atoms with E-state index in [1.807, 2.05) is 24.3 Å². The van der Waals surface area contributed by atoms with Crippen LogP contribution in [0.2, 0.25) is 0 Å². The fraction of sp³-hybridized carbons (Fsp3) is 0.296. The van der Waals surface area contributed by atoms with Gasteiger partial charge in [0, 0.05) is 12.1 Å². The van der Waals surface area contributed by atoms with Crippen LogP contribution in [0, 0.1) is 4.91 Å². The maximum absolute atomic E-state index is 12.3. The van der Waals surface area contributed by atoms with Gasteiger partial charge in [-0.1, -0.05) is 59.8 Å². The van der Waals surface area contributed by atoms with E-state index >= 15 is 0 Å². The van der Waals surface area contributed by atoms with E-state index in [0.717, 1.165) is 49.2 Å². The van der Waals surface area contributed by atoms with Gasteiger partial charge in [0.05, 0.1) is 6.61 Å². The summed E-state index contributed by atoms with van der Waals surface area (Å²) in [4.78, 5) is 22.7. The van der Waals surface area contributed by atoms with Gasteiger partial charge < -0.3 is 10.1 Å². The van der Waals surface area contributed by atoms with E-state index in [9.17, 15) is 9.70 Å². The molecule has 166 valence electrons. The molecule has 0 atom stereocenters. The second-order valence-corrected chi connectivity index (χ2v) is 7.78. The summed E-state index contributed by atoms with van der Waals surface area (Å²) in [5.41, 5.74) is 3.81. The number of carbonyl (C=O) groups is 1. The lowest BCUT2D eigenvalue weighted by molar-refractivity contribution is 0.0954. The van der Waals surface area contributed by atoms with Crippen molar-refractivity contribution < 1.29 is 9.53 Å². The molecule has 0 bridgehead atoms. The number of unbranched alkanes of at least 4 members (excludes halogenated alkanes) is 2. The number of carbonyl (C=O) groups excluding carboxylic acids is 1. The molecule has 0 fully saturated rings. The number of hydrogen-bond acceptors (Lipinski definition) is 4. The van der Waals surface area contributed by atoms with Gasteiger partial charge in [-0.15, -0.1) is 0 Å². The van der Waals surface area contributed by atoms with Crippen molar-refractivity contribution in [3.63, 3.8) is 0 Å². The molecule has 0 heterocycles. The van der Waals surface area contributed by atoms with Gasteiger partial charge in [-0.05, 0) is 73.1 Å². The Balaban J connectivity index is 1.31. The summed E-state index contributed by atoms with van der Waals surface area (Å²) in [7, 11) is 0. The van der Waals surface area contributed by atoms with Crippen LogP contribution >= 0.6 is 0 Å². The minimum atomic E-state index is -0.148. The lowest BCUT2D eigenvalue weighted by atomic mass is 10.1. The molecule has 3 rings (SSSR count). The molecule has 3 aromatic rings. The molecule has 0 saturated carbocycles. The van der Waals surface area contributed by atoms with E-state index < -0.39 is 0 Å². The number of ether oxygens (including phenoxy) is 1. The Hall–Kier alpha value is -3.47. The van der Waals surface area contributed by atoms with Crippen molar-refractivity contribution >= 4 is 5.91 Å². The predicted octanol–water partition coefficient (Wildman–Crippen LogP) is 5.72. The Kier molecular flexibility index (Phi) is 9.46. The Morgan fingerprint density at radius 1 is 0.781 bits per heavy atom. The first-order valence-electron chi connectivity index (χ1n) is 11.2. The lowest BCUT2D eigenvalue weighted by Gasteiger charge is -2.09. The molecule has 0 aromatic heterocycles. The molecule has 3 aromatic carbocycles. The lowest BCUT2D eigenvalue weighted by Crippen LogP contribution is -2.25. The number of rotatable bonds is 13. The number of nitrogens with one attached hydrogen (secondary N) is 1. The summed E-state index contributed by atoms with van der Waals surface area (Å²) in [6, 6.07) is 25.6. The van der Waals surface area contributed by atoms with Gasteiger partial charge in [-0.2, -0.15) is 4.91 Å². The zero-order valence-corrected chi connectivity index (χ0v) is 18.3. The van der Waals surface area contributed by atoms with Crippen LogP contribution in [-0.2, 0) is 19.4 Å². The maximum Gasteiger partial charge on any atom is 0.251 e. The van der Waals surface area contributed by atoms with Crippen LogP contribution in [0.25, 0.3) is 0 Å². The summed E-state index contributed by atoms with van der Waals surface area (Å²) in [6.45, 7) is 1.34. The van der Waals surface area contributed by atoms with E-state index in [0.29, 0.717) is 12.1 Å². The number of aryl methyl sites for hydroxylation is 1. The predicted molar refractivity (Wildman–Crippen MR) is 128 cm³/mol. The van der Waals surface area contributed by atoms with Crippen molar-refractivity contribution in [2.45, 2.75) is 38.6 Å². The molecule has 5 nitrogen and oxygen atoms in total. The summed E-state index contributed by atoms with van der Waals surface area (Å²) in [5.74, 6) is 0.728. The summed E-state index contributed by atoms with van der Waals surface area (Å²) in [5, 5.41) is 5.78. The third kappa shape index (κ3) is 7.99. The SMILES string of the molecule is O=NCc1cccc(C(=O)NCCc2ccc(OCCCCCc3ccccc3)cc2)c1. The molecule has 5 heteroatoms. The van der Waals surface area contributed by atoms with E-state index in [4.69, 9.17) is 4.74 Å². The maximum atomic E-state index is 12.3. The zero-order chi connectivity index (χ0) is 22.4. The normalized spacial score (nSPS) is 10.5. The second kappa shape index (κ2) is 13.1. The zero-order valence-electron chi connectivity index (χ0n) is 18.3. The van der Waals surface area contributed by atoms with Crippen LogP contribution in [0.4, 0.5) is 0 Å². The summed E-state index contributed by atoms with van der Waals surface area (Å²) >= 11 is 0. The van der Waals surface area contributed by atoms with Gasteiger partial charge in [0.2, 0.25) is 0 Å². The molecule has 0 aliphatic heterocycles. The van der Waals surface area contributed by atoms with Gasteiger partial charge in [0.1, 0.15) is 12.3 Å². The second-order valence-electron chi connectivity index (χ2n) is 7.78. The molecule has 1 amide bonds. The average Bonchev–Trinajstić information content (AvgIpc) is 2.83. The topological polar surface area (TPSA) is 67.8 Å². The van der Waals surface area contributed by atoms with Crippen molar-refractivity contribution in [2.75, 3.05) is 13.2 Å². The van der Waals surface area contributed by atoms with Crippen LogP contribution < -0.4 is 10.1 Å². The van der Waals surface area contributed by atoms with Crippen molar-refractivity contribution in [1.29, 1.82) is 0 Å². The van der Waals surface area contributed by atoms with Crippen LogP contribution in [0.5, 0.6) is 5.75 Å². The number of amides is 1. The van der Waals surface area contributed by atoms with Crippen molar-refractivity contribution in [2.24, 2.45) is 5.18 Å². The van der Waals surface area contributed by atoms with Gasteiger partial charge >= 0.3 is 0 Å². The van der Waals surface area contributed by atoms with E-state index in [2.05, 4.69) is 40.8 Å². The molecule has 1 N–H and O–H groups in total. The van der Waals surface area contributed by atoms with Gasteiger partial charge in [-0.3, -0.25) is 4.79 Å². The summed E-state index contributed by atoms with van der Waals surface area (Å²) in [6.07, 6.45) is 5.23. The Morgan fingerprint density at radius 2 is 1.53 bits per heavy atom. The van der Waals surface area contributed by atoms with Gasteiger partial charge in [0.25, 0.3) is 5.91 Å². The number of nitrogens with zero attached hydrogens (tertiary/aromatic N) is 1. The molecular weight excluding hydrogens is 400 g/mol. The number of hydrogen-bond donors (Lipinski definition) is 1. The molecule has 0 unspecified atom stereocenters. The highest BCUT2D eigenvalue weighted by Crippen LogP contribution is 2.14. The number of benzene rings is 3. The Bertz CT molecular complexity index is 972. The van der Waals surface area contributed by atoms with Crippen molar-refractivity contribution in [1.82, 2.24) is 5.32 Å². The van der Waals surface area contributed by atoms with Crippen LogP contribution in [-0.4, -0.2) is 19.1 Å². The molecule has 32 heavy (non-hydrogen) atoms. The van der Waals surface area contributed by atoms with Crippen LogP contribution in [0.15, 0.2) is 84.0 Å². The fourth-order valence-corrected chi connectivity index (χ4v) is 3.50. The van der Waals surface area contributed by atoms with E-state index in [1.165, 1.54) is 12.0 Å². The summed E-state index contributed by atoms with van der Waals surface area (Å²) < 4.78 is 5.85.